The van der Waals surface area contributed by atoms with Crippen LogP contribution in [0, 0.1) is 5.82 Å². The number of fused-ring (bicyclic) bond motifs is 1. The molecule has 0 saturated carbocycles. The van der Waals surface area contributed by atoms with Gasteiger partial charge >= 0.3 is 11.1 Å². The molecule has 2 aliphatic rings. The topological polar surface area (TPSA) is 76.3 Å². The van der Waals surface area contributed by atoms with Crippen molar-refractivity contribution in [3.05, 3.63) is 80.9 Å². The third-order valence-electron chi connectivity index (χ3n) is 6.49. The molecule has 0 radical (unpaired) electrons. The number of likely N-dealkylation sites (N-methyl/N-ethyl adjacent to an activating group) is 1. The predicted molar refractivity (Wildman–Crippen MR) is 114 cm³/mol. The van der Waals surface area contributed by atoms with Gasteiger partial charge in [-0.3, -0.25) is 24.0 Å². The summed E-state index contributed by atoms with van der Waals surface area (Å²) in [6, 6.07) is 11.3. The van der Waals surface area contributed by atoms with Crippen LogP contribution in [0.25, 0.3) is 5.69 Å². The van der Waals surface area contributed by atoms with Crippen LogP contribution in [0.2, 0.25) is 0 Å². The summed E-state index contributed by atoms with van der Waals surface area (Å²) in [7, 11) is 1.93. The lowest BCUT2D eigenvalue weighted by atomic mass is 9.87. The van der Waals surface area contributed by atoms with E-state index in [1.54, 1.807) is 6.20 Å². The van der Waals surface area contributed by atoms with E-state index < -0.39 is 16.9 Å². The Morgan fingerprint density at radius 3 is 2.45 bits per heavy atom. The van der Waals surface area contributed by atoms with E-state index in [4.69, 9.17) is 0 Å². The molecule has 1 fully saturated rings. The molecule has 4 heterocycles. The van der Waals surface area contributed by atoms with Gasteiger partial charge in [0.15, 0.2) is 0 Å². The number of hydrogen-bond donors (Lipinski definition) is 0. The van der Waals surface area contributed by atoms with Gasteiger partial charge in [-0.25, -0.2) is 4.39 Å². The van der Waals surface area contributed by atoms with Gasteiger partial charge in [-0.05, 0) is 49.2 Å². The zero-order chi connectivity index (χ0) is 21.6. The molecule has 31 heavy (non-hydrogen) atoms. The van der Waals surface area contributed by atoms with Crippen LogP contribution in [0.15, 0.2) is 58.3 Å². The number of piperidine rings is 1. The highest BCUT2D eigenvalue weighted by atomic mass is 19.1. The highest BCUT2D eigenvalue weighted by molar-refractivity contribution is 5.41. The van der Waals surface area contributed by atoms with Crippen LogP contribution < -0.4 is 16.0 Å². The molecule has 1 aromatic carbocycles. The Labute approximate surface area is 178 Å². The van der Waals surface area contributed by atoms with Crippen molar-refractivity contribution in [3.63, 3.8) is 0 Å². The number of rotatable bonds is 3. The molecule has 1 saturated heterocycles. The maximum atomic E-state index is 13.3. The maximum Gasteiger partial charge on any atom is 0.337 e. The van der Waals surface area contributed by atoms with Crippen LogP contribution in [0.5, 0.6) is 0 Å². The molecule has 3 aromatic rings. The smallest absolute Gasteiger partial charge is 0.336 e. The third-order valence-corrected chi connectivity index (χ3v) is 6.49. The van der Waals surface area contributed by atoms with Crippen molar-refractivity contribution in [2.45, 2.75) is 31.5 Å². The van der Waals surface area contributed by atoms with E-state index in [2.05, 4.69) is 15.0 Å². The molecular formula is C22H23FN6O2. The molecule has 0 unspecified atom stereocenters. The van der Waals surface area contributed by atoms with Gasteiger partial charge in [0.1, 0.15) is 5.82 Å². The van der Waals surface area contributed by atoms with Gasteiger partial charge in [0.2, 0.25) is 5.95 Å². The summed E-state index contributed by atoms with van der Waals surface area (Å²) >= 11 is 0. The Balaban J connectivity index is 1.41. The molecule has 9 heteroatoms. The minimum absolute atomic E-state index is 0.256. The second kappa shape index (κ2) is 7.42. The van der Waals surface area contributed by atoms with Gasteiger partial charge in [-0.15, -0.1) is 5.10 Å². The zero-order valence-corrected chi connectivity index (χ0v) is 17.2. The first-order valence-electron chi connectivity index (χ1n) is 10.3. The molecule has 0 bridgehead atoms. The number of halogens is 1. The number of nitrogens with zero attached hydrogens (tertiary/aromatic N) is 6. The fourth-order valence-corrected chi connectivity index (χ4v) is 4.59. The summed E-state index contributed by atoms with van der Waals surface area (Å²) in [4.78, 5) is 34.4. The summed E-state index contributed by atoms with van der Waals surface area (Å²) in [6.45, 7) is 2.97. The van der Waals surface area contributed by atoms with E-state index in [0.717, 1.165) is 42.9 Å². The van der Waals surface area contributed by atoms with Crippen molar-refractivity contribution in [3.8, 4) is 5.69 Å². The van der Waals surface area contributed by atoms with Crippen LogP contribution in [-0.2, 0) is 13.1 Å². The average Bonchev–Trinajstić information content (AvgIpc) is 3.06. The molecule has 1 spiro atoms. The Morgan fingerprint density at radius 2 is 1.77 bits per heavy atom. The van der Waals surface area contributed by atoms with Crippen LogP contribution in [0.4, 0.5) is 10.3 Å². The van der Waals surface area contributed by atoms with Crippen molar-refractivity contribution in [1.82, 2.24) is 24.2 Å². The molecule has 5 rings (SSSR count). The minimum Gasteiger partial charge on any atom is -0.336 e. The first-order valence-corrected chi connectivity index (χ1v) is 10.3. The highest BCUT2D eigenvalue weighted by Crippen LogP contribution is 2.37. The summed E-state index contributed by atoms with van der Waals surface area (Å²) in [5.41, 5.74) is -0.182. The zero-order valence-electron chi connectivity index (χ0n) is 17.2. The fourth-order valence-electron chi connectivity index (χ4n) is 4.59. The molecule has 2 aromatic heterocycles. The summed E-state index contributed by atoms with van der Waals surface area (Å²) in [6.07, 6.45) is 3.50. The Hall–Kier alpha value is -3.33. The monoisotopic (exact) mass is 422 g/mol. The second-order valence-electron chi connectivity index (χ2n) is 8.27. The number of benzene rings is 1. The summed E-state index contributed by atoms with van der Waals surface area (Å²) in [5, 5.41) is 4.48. The normalized spacial score (nSPS) is 17.8. The van der Waals surface area contributed by atoms with E-state index in [1.807, 2.05) is 30.1 Å². The van der Waals surface area contributed by atoms with Crippen molar-refractivity contribution in [2.75, 3.05) is 25.0 Å². The van der Waals surface area contributed by atoms with Crippen LogP contribution in [-0.4, -0.2) is 49.9 Å². The second-order valence-corrected chi connectivity index (χ2v) is 8.27. The third kappa shape index (κ3) is 3.34. The standard InChI is InChI=1S/C22H23FN6O2/c1-26-21-25-29(18-7-5-16(23)6-8-18)20(31)19(30)28(21)15-22(26)9-12-27(13-10-22)14-17-4-2-3-11-24-17/h2-8,11H,9-10,12-15H2,1H3. The Morgan fingerprint density at radius 1 is 1.03 bits per heavy atom. The largest absolute Gasteiger partial charge is 0.337 e. The molecule has 0 aliphatic carbocycles. The van der Waals surface area contributed by atoms with Crippen molar-refractivity contribution in [2.24, 2.45) is 0 Å². The van der Waals surface area contributed by atoms with Gasteiger partial charge in [0, 0.05) is 32.9 Å². The lowest BCUT2D eigenvalue weighted by molar-refractivity contribution is 0.148. The quantitative estimate of drug-likeness (QED) is 0.594. The molecule has 2 aliphatic heterocycles. The lowest BCUT2D eigenvalue weighted by Crippen LogP contribution is -2.53. The van der Waals surface area contributed by atoms with E-state index in [-0.39, 0.29) is 5.54 Å². The van der Waals surface area contributed by atoms with Gasteiger partial charge in [-0.1, -0.05) is 6.07 Å². The number of anilines is 1. The van der Waals surface area contributed by atoms with E-state index >= 15 is 0 Å². The van der Waals surface area contributed by atoms with E-state index in [1.165, 1.54) is 28.8 Å². The first kappa shape index (κ1) is 19.6. The average molecular weight is 422 g/mol. The molecule has 8 nitrogen and oxygen atoms in total. The number of pyridine rings is 1. The van der Waals surface area contributed by atoms with Gasteiger partial charge in [0.25, 0.3) is 0 Å². The molecule has 160 valence electrons. The van der Waals surface area contributed by atoms with E-state index in [0.29, 0.717) is 18.2 Å². The van der Waals surface area contributed by atoms with Gasteiger partial charge < -0.3 is 4.90 Å². The van der Waals surface area contributed by atoms with E-state index in [9.17, 15) is 14.0 Å². The molecule has 0 atom stereocenters. The number of aromatic nitrogens is 4. The predicted octanol–water partition coefficient (Wildman–Crippen LogP) is 1.41. The molecule has 0 amide bonds. The molecular weight excluding hydrogens is 399 g/mol. The van der Waals surface area contributed by atoms with Crippen LogP contribution >= 0.6 is 0 Å². The molecule has 0 N–H and O–H groups in total. The van der Waals surface area contributed by atoms with Crippen LogP contribution in [0.3, 0.4) is 0 Å². The maximum absolute atomic E-state index is 13.3. The fraction of sp³-hybridized carbons (Fsp3) is 0.364. The van der Waals surface area contributed by atoms with Crippen molar-refractivity contribution < 1.29 is 4.39 Å². The highest BCUT2D eigenvalue weighted by Gasteiger charge is 2.46. The van der Waals surface area contributed by atoms with Crippen molar-refractivity contribution in [1.29, 1.82) is 0 Å². The summed E-state index contributed by atoms with van der Waals surface area (Å²) < 4.78 is 15.8. The summed E-state index contributed by atoms with van der Waals surface area (Å²) in [5.74, 6) is 0.0512. The number of likely N-dealkylation sites (tertiary alicyclic amines) is 1. The Bertz CT molecular complexity index is 1210. The minimum atomic E-state index is -0.728. The van der Waals surface area contributed by atoms with Gasteiger partial charge in [0.05, 0.1) is 23.5 Å². The Kier molecular flexibility index (Phi) is 4.70. The first-order chi connectivity index (χ1) is 15.0. The number of hydrogen-bond acceptors (Lipinski definition) is 6. The van der Waals surface area contributed by atoms with Crippen molar-refractivity contribution >= 4 is 5.95 Å². The van der Waals surface area contributed by atoms with Gasteiger partial charge in [-0.2, -0.15) is 4.68 Å². The SMILES string of the molecule is CN1c2nn(-c3ccc(F)cc3)c(=O)c(=O)n2CC12CCN(Cc1ccccn1)CC2. The van der Waals surface area contributed by atoms with Crippen LogP contribution in [0.1, 0.15) is 18.5 Å². The lowest BCUT2D eigenvalue weighted by Gasteiger charge is -2.43.